The number of amides is 1. The molecule has 0 radical (unpaired) electrons. The van der Waals surface area contributed by atoms with Gasteiger partial charge >= 0.3 is 0 Å². The summed E-state index contributed by atoms with van der Waals surface area (Å²) in [6.07, 6.45) is 1.42. The second kappa shape index (κ2) is 10.3. The molecule has 1 amide bonds. The molecule has 0 unspecified atom stereocenters. The van der Waals surface area contributed by atoms with E-state index in [0.29, 0.717) is 35.7 Å². The highest BCUT2D eigenvalue weighted by molar-refractivity contribution is 7.89. The maximum absolute atomic E-state index is 12.9. The van der Waals surface area contributed by atoms with Crippen LogP contribution in [0.1, 0.15) is 35.3 Å². The Balaban J connectivity index is 1.78. The van der Waals surface area contributed by atoms with Gasteiger partial charge in [0.25, 0.3) is 5.91 Å². The highest BCUT2D eigenvalue weighted by atomic mass is 32.2. The fraction of sp³-hybridized carbons (Fsp3) is 0.208. The van der Waals surface area contributed by atoms with E-state index in [4.69, 9.17) is 10.00 Å². The summed E-state index contributed by atoms with van der Waals surface area (Å²) < 4.78 is 32.6. The fourth-order valence-electron chi connectivity index (χ4n) is 3.19. The van der Waals surface area contributed by atoms with E-state index in [1.54, 1.807) is 63.2 Å². The molecule has 0 saturated heterocycles. The van der Waals surface area contributed by atoms with Gasteiger partial charge in [0.15, 0.2) is 0 Å². The Morgan fingerprint density at radius 1 is 1.12 bits per heavy atom. The molecule has 0 spiro atoms. The molecule has 0 aliphatic heterocycles. The number of benzene rings is 2. The number of hydrogen-bond donors (Lipinski definition) is 1. The van der Waals surface area contributed by atoms with Crippen LogP contribution < -0.4 is 10.1 Å². The topological polar surface area (TPSA) is 112 Å². The molecule has 1 aromatic heterocycles. The number of pyridine rings is 1. The molecule has 0 fully saturated rings. The Bertz CT molecular complexity index is 1290. The summed E-state index contributed by atoms with van der Waals surface area (Å²) in [6.45, 7) is 5.95. The standard InChI is InChI=1S/C24H24N4O4S/c1-4-28(5-2)33(30,31)20-12-10-17(3)21(14-20)24(29)27-19-11-13-23(26-16-19)32-22-9-7-6-8-18(22)15-25/h6-14,16H,4-5H2,1-3H3,(H,27,29). The molecule has 0 aliphatic carbocycles. The molecular formula is C24H24N4O4S. The fourth-order valence-corrected chi connectivity index (χ4v) is 4.68. The second-order valence-electron chi connectivity index (χ2n) is 7.12. The Morgan fingerprint density at radius 3 is 2.48 bits per heavy atom. The van der Waals surface area contributed by atoms with Crippen LogP contribution in [0.15, 0.2) is 65.7 Å². The second-order valence-corrected chi connectivity index (χ2v) is 9.05. The van der Waals surface area contributed by atoms with E-state index in [1.807, 2.05) is 0 Å². The van der Waals surface area contributed by atoms with Crippen molar-refractivity contribution in [2.24, 2.45) is 0 Å². The van der Waals surface area contributed by atoms with E-state index in [9.17, 15) is 13.2 Å². The number of carbonyl (C=O) groups excluding carboxylic acids is 1. The molecule has 0 saturated carbocycles. The molecule has 8 nitrogen and oxygen atoms in total. The largest absolute Gasteiger partial charge is 0.438 e. The molecule has 0 aliphatic rings. The molecule has 3 aromatic rings. The van der Waals surface area contributed by atoms with Crippen LogP contribution in [-0.4, -0.2) is 36.7 Å². The van der Waals surface area contributed by atoms with E-state index in [2.05, 4.69) is 16.4 Å². The van der Waals surface area contributed by atoms with Crippen molar-refractivity contribution < 1.29 is 17.9 Å². The minimum Gasteiger partial charge on any atom is -0.438 e. The summed E-state index contributed by atoms with van der Waals surface area (Å²) in [6, 6.07) is 16.5. The number of carbonyl (C=O) groups is 1. The highest BCUT2D eigenvalue weighted by Gasteiger charge is 2.23. The van der Waals surface area contributed by atoms with Gasteiger partial charge in [-0.1, -0.05) is 32.0 Å². The first kappa shape index (κ1) is 23.9. The molecule has 33 heavy (non-hydrogen) atoms. The molecule has 3 rings (SSSR count). The van der Waals surface area contributed by atoms with Gasteiger partial charge in [0.05, 0.1) is 22.3 Å². The van der Waals surface area contributed by atoms with Gasteiger partial charge in [-0.05, 0) is 42.8 Å². The molecule has 170 valence electrons. The Labute approximate surface area is 193 Å². The average Bonchev–Trinajstić information content (AvgIpc) is 2.81. The van der Waals surface area contributed by atoms with Gasteiger partial charge in [-0.2, -0.15) is 9.57 Å². The van der Waals surface area contributed by atoms with Gasteiger partial charge in [0, 0.05) is 24.7 Å². The SMILES string of the molecule is CCN(CC)S(=O)(=O)c1ccc(C)c(C(=O)Nc2ccc(Oc3ccccc3C#N)nc2)c1. The van der Waals surface area contributed by atoms with Crippen LogP contribution in [0.3, 0.4) is 0 Å². The molecule has 2 aromatic carbocycles. The lowest BCUT2D eigenvalue weighted by Crippen LogP contribution is -2.30. The predicted molar refractivity (Wildman–Crippen MR) is 125 cm³/mol. The summed E-state index contributed by atoms with van der Waals surface area (Å²) in [5, 5.41) is 11.9. The van der Waals surface area contributed by atoms with Crippen molar-refractivity contribution in [2.75, 3.05) is 18.4 Å². The summed E-state index contributed by atoms with van der Waals surface area (Å²) in [4.78, 5) is 17.1. The summed E-state index contributed by atoms with van der Waals surface area (Å²) in [7, 11) is -3.69. The Hall–Kier alpha value is -3.74. The van der Waals surface area contributed by atoms with E-state index in [0.717, 1.165) is 0 Å². The van der Waals surface area contributed by atoms with Crippen LogP contribution in [0.25, 0.3) is 0 Å². The number of anilines is 1. The lowest BCUT2D eigenvalue weighted by Gasteiger charge is -2.19. The van der Waals surface area contributed by atoms with Crippen LogP contribution in [0, 0.1) is 18.3 Å². The van der Waals surface area contributed by atoms with Crippen molar-refractivity contribution in [3.8, 4) is 17.7 Å². The minimum atomic E-state index is -3.69. The number of aromatic nitrogens is 1. The molecular weight excluding hydrogens is 440 g/mol. The number of nitriles is 1. The number of aryl methyl sites for hydroxylation is 1. The van der Waals surface area contributed by atoms with Crippen molar-refractivity contribution in [2.45, 2.75) is 25.7 Å². The number of rotatable bonds is 8. The predicted octanol–water partition coefficient (Wildman–Crippen LogP) is 4.34. The van der Waals surface area contributed by atoms with Gasteiger partial charge in [-0.25, -0.2) is 13.4 Å². The maximum atomic E-state index is 12.9. The van der Waals surface area contributed by atoms with Crippen LogP contribution in [0.2, 0.25) is 0 Å². The van der Waals surface area contributed by atoms with Gasteiger partial charge < -0.3 is 10.1 Å². The maximum Gasteiger partial charge on any atom is 0.256 e. The van der Waals surface area contributed by atoms with Crippen molar-refractivity contribution >= 4 is 21.6 Å². The number of ether oxygens (including phenoxy) is 1. The number of nitrogens with one attached hydrogen (secondary N) is 1. The van der Waals surface area contributed by atoms with E-state index < -0.39 is 15.9 Å². The summed E-state index contributed by atoms with van der Waals surface area (Å²) >= 11 is 0. The number of sulfonamides is 1. The van der Waals surface area contributed by atoms with Gasteiger partial charge in [0.1, 0.15) is 11.8 Å². The Morgan fingerprint density at radius 2 is 1.85 bits per heavy atom. The minimum absolute atomic E-state index is 0.0694. The van der Waals surface area contributed by atoms with Crippen LogP contribution >= 0.6 is 0 Å². The molecule has 1 N–H and O–H groups in total. The zero-order chi connectivity index (χ0) is 24.0. The first-order chi connectivity index (χ1) is 15.8. The summed E-state index contributed by atoms with van der Waals surface area (Å²) in [5.41, 5.74) is 1.70. The van der Waals surface area contributed by atoms with E-state index >= 15 is 0 Å². The smallest absolute Gasteiger partial charge is 0.256 e. The normalized spacial score (nSPS) is 11.1. The third-order valence-electron chi connectivity index (χ3n) is 5.01. The zero-order valence-corrected chi connectivity index (χ0v) is 19.4. The van der Waals surface area contributed by atoms with Crippen molar-refractivity contribution in [1.29, 1.82) is 5.26 Å². The third kappa shape index (κ3) is 5.37. The van der Waals surface area contributed by atoms with Gasteiger partial charge in [-0.3, -0.25) is 4.79 Å². The van der Waals surface area contributed by atoms with Crippen molar-refractivity contribution in [3.63, 3.8) is 0 Å². The monoisotopic (exact) mass is 464 g/mol. The number of para-hydroxylation sites is 1. The molecule has 9 heteroatoms. The summed E-state index contributed by atoms with van der Waals surface area (Å²) in [5.74, 6) is 0.194. The van der Waals surface area contributed by atoms with Crippen molar-refractivity contribution in [3.05, 3.63) is 77.5 Å². The quantitative estimate of drug-likeness (QED) is 0.531. The van der Waals surface area contributed by atoms with Crippen molar-refractivity contribution in [1.82, 2.24) is 9.29 Å². The zero-order valence-electron chi connectivity index (χ0n) is 18.6. The first-order valence-electron chi connectivity index (χ1n) is 10.3. The van der Waals surface area contributed by atoms with E-state index in [-0.39, 0.29) is 16.3 Å². The van der Waals surface area contributed by atoms with Crippen LogP contribution in [-0.2, 0) is 10.0 Å². The first-order valence-corrected chi connectivity index (χ1v) is 11.8. The Kier molecular flexibility index (Phi) is 7.43. The van der Waals surface area contributed by atoms with Gasteiger partial charge in [-0.15, -0.1) is 0 Å². The van der Waals surface area contributed by atoms with Crippen LogP contribution in [0.4, 0.5) is 5.69 Å². The van der Waals surface area contributed by atoms with Gasteiger partial charge in [0.2, 0.25) is 15.9 Å². The lowest BCUT2D eigenvalue weighted by atomic mass is 10.1. The molecule has 0 bridgehead atoms. The average molecular weight is 465 g/mol. The molecule has 0 atom stereocenters. The van der Waals surface area contributed by atoms with Crippen LogP contribution in [0.5, 0.6) is 11.6 Å². The highest BCUT2D eigenvalue weighted by Crippen LogP contribution is 2.25. The third-order valence-corrected chi connectivity index (χ3v) is 7.06. The lowest BCUT2D eigenvalue weighted by molar-refractivity contribution is 0.102. The number of hydrogen-bond acceptors (Lipinski definition) is 6. The number of nitrogens with zero attached hydrogens (tertiary/aromatic N) is 3. The van der Waals surface area contributed by atoms with E-state index in [1.165, 1.54) is 22.6 Å². The molecule has 1 heterocycles.